The summed E-state index contributed by atoms with van der Waals surface area (Å²) in [7, 11) is 4.15. The van der Waals surface area contributed by atoms with Crippen LogP contribution in [0.4, 0.5) is 5.69 Å². The zero-order valence-corrected chi connectivity index (χ0v) is 12.8. The van der Waals surface area contributed by atoms with Crippen molar-refractivity contribution in [2.45, 2.75) is 50.7 Å². The highest BCUT2D eigenvalue weighted by Gasteiger charge is 2.42. The predicted octanol–water partition coefficient (Wildman–Crippen LogP) is 2.08. The highest BCUT2D eigenvalue weighted by Crippen LogP contribution is 2.38. The molecule has 1 atom stereocenters. The highest BCUT2D eigenvalue weighted by atomic mass is 16.3. The largest absolute Gasteiger partial charge is 0.398 e. The summed E-state index contributed by atoms with van der Waals surface area (Å²) in [4.78, 5) is 6.32. The fourth-order valence-electron chi connectivity index (χ4n) is 3.35. The third-order valence-electron chi connectivity index (χ3n) is 5.01. The lowest BCUT2D eigenvalue weighted by Crippen LogP contribution is -2.56. The van der Waals surface area contributed by atoms with E-state index in [-0.39, 0.29) is 5.54 Å². The highest BCUT2D eigenvalue weighted by molar-refractivity contribution is 5.44. The van der Waals surface area contributed by atoms with E-state index in [1.807, 2.05) is 0 Å². The van der Waals surface area contributed by atoms with Crippen molar-refractivity contribution in [3.8, 4) is 0 Å². The summed E-state index contributed by atoms with van der Waals surface area (Å²) in [5.41, 5.74) is 7.51. The van der Waals surface area contributed by atoms with E-state index < -0.39 is 6.10 Å². The predicted molar refractivity (Wildman–Crippen MR) is 82.4 cm³/mol. The van der Waals surface area contributed by atoms with Gasteiger partial charge in [0.05, 0.1) is 6.10 Å². The maximum atomic E-state index is 10.8. The second-order valence-corrected chi connectivity index (χ2v) is 6.47. The molecule has 0 aromatic carbocycles. The number of hydrogen-bond donors (Lipinski definition) is 2. The maximum absolute atomic E-state index is 10.8. The van der Waals surface area contributed by atoms with Crippen LogP contribution in [-0.2, 0) is 6.42 Å². The lowest BCUT2D eigenvalue weighted by molar-refractivity contribution is -0.0381. The van der Waals surface area contributed by atoms with Gasteiger partial charge < -0.3 is 15.7 Å². The number of pyridine rings is 1. The van der Waals surface area contributed by atoms with Crippen molar-refractivity contribution in [1.29, 1.82) is 0 Å². The number of rotatable bonds is 4. The Morgan fingerprint density at radius 2 is 2.10 bits per heavy atom. The average Bonchev–Trinajstić information content (AvgIpc) is 2.42. The molecule has 112 valence electrons. The summed E-state index contributed by atoms with van der Waals surface area (Å²) in [6.45, 7) is 2.30. The molecule has 1 aliphatic carbocycles. The molecule has 2 rings (SSSR count). The summed E-state index contributed by atoms with van der Waals surface area (Å²) >= 11 is 0. The third kappa shape index (κ3) is 2.96. The Hall–Kier alpha value is -1.13. The lowest BCUT2D eigenvalue weighted by atomic mass is 9.72. The minimum absolute atomic E-state index is 0.130. The van der Waals surface area contributed by atoms with Gasteiger partial charge in [0.25, 0.3) is 0 Å². The molecule has 0 saturated heterocycles. The molecule has 0 spiro atoms. The minimum Gasteiger partial charge on any atom is -0.398 e. The first-order valence-corrected chi connectivity index (χ1v) is 7.49. The molecule has 1 aromatic heterocycles. The molecular weight excluding hydrogens is 250 g/mol. The smallest absolute Gasteiger partial charge is 0.0765 e. The summed E-state index contributed by atoms with van der Waals surface area (Å²) < 4.78 is 0. The van der Waals surface area contributed by atoms with Crippen LogP contribution in [0.1, 0.15) is 38.2 Å². The van der Waals surface area contributed by atoms with Crippen LogP contribution in [0.5, 0.6) is 0 Å². The van der Waals surface area contributed by atoms with Crippen LogP contribution < -0.4 is 5.73 Å². The Labute approximate surface area is 122 Å². The summed E-state index contributed by atoms with van der Waals surface area (Å²) in [5, 5.41) is 10.8. The molecule has 4 heteroatoms. The molecule has 1 aromatic rings. The van der Waals surface area contributed by atoms with E-state index in [9.17, 15) is 5.11 Å². The number of aliphatic hydroxyl groups is 1. The van der Waals surface area contributed by atoms with Gasteiger partial charge in [-0.05, 0) is 57.3 Å². The van der Waals surface area contributed by atoms with Gasteiger partial charge in [-0.15, -0.1) is 0 Å². The molecule has 0 radical (unpaired) electrons. The summed E-state index contributed by atoms with van der Waals surface area (Å²) in [6.07, 6.45) is 8.08. The average molecular weight is 277 g/mol. The van der Waals surface area contributed by atoms with Gasteiger partial charge in [-0.2, -0.15) is 0 Å². The van der Waals surface area contributed by atoms with Crippen molar-refractivity contribution in [1.82, 2.24) is 9.88 Å². The van der Waals surface area contributed by atoms with E-state index in [0.717, 1.165) is 30.0 Å². The van der Waals surface area contributed by atoms with Crippen molar-refractivity contribution in [2.75, 3.05) is 19.8 Å². The van der Waals surface area contributed by atoms with E-state index in [1.165, 1.54) is 12.8 Å². The number of nitrogens with two attached hydrogens (primary N) is 1. The SMILES string of the molecule is CC1CCC(C(O)Cc2cnccc2N)(N(C)C)CC1. The van der Waals surface area contributed by atoms with Crippen molar-refractivity contribution in [2.24, 2.45) is 5.92 Å². The Kier molecular flexibility index (Phi) is 4.66. The van der Waals surface area contributed by atoms with Gasteiger partial charge in [0.15, 0.2) is 0 Å². The molecule has 1 saturated carbocycles. The fourth-order valence-corrected chi connectivity index (χ4v) is 3.35. The van der Waals surface area contributed by atoms with Crippen LogP contribution in [0.25, 0.3) is 0 Å². The monoisotopic (exact) mass is 277 g/mol. The number of aromatic nitrogens is 1. The van der Waals surface area contributed by atoms with Crippen molar-refractivity contribution < 1.29 is 5.11 Å². The van der Waals surface area contributed by atoms with Crippen LogP contribution in [-0.4, -0.2) is 40.7 Å². The number of aliphatic hydroxyl groups excluding tert-OH is 1. The van der Waals surface area contributed by atoms with Crippen molar-refractivity contribution in [3.63, 3.8) is 0 Å². The van der Waals surface area contributed by atoms with Gasteiger partial charge in [0.2, 0.25) is 0 Å². The molecule has 0 amide bonds. The quantitative estimate of drug-likeness (QED) is 0.884. The first-order valence-electron chi connectivity index (χ1n) is 7.49. The second kappa shape index (κ2) is 6.10. The number of nitrogen functional groups attached to an aromatic ring is 1. The number of anilines is 1. The fraction of sp³-hybridized carbons (Fsp3) is 0.688. The van der Waals surface area contributed by atoms with Crippen LogP contribution >= 0.6 is 0 Å². The number of likely N-dealkylation sites (N-methyl/N-ethyl adjacent to an activating group) is 1. The standard InChI is InChI=1S/C16H27N3O/c1-12-4-7-16(8-5-12,19(2)3)15(20)10-13-11-18-9-6-14(13)17/h6,9,11-12,15,20H,4-5,7-8,10H2,1-3H3,(H2,17,18). The zero-order chi connectivity index (χ0) is 14.8. The maximum Gasteiger partial charge on any atom is 0.0765 e. The van der Waals surface area contributed by atoms with Gasteiger partial charge in [0, 0.05) is 30.0 Å². The topological polar surface area (TPSA) is 62.4 Å². The van der Waals surface area contributed by atoms with Crippen LogP contribution in [0, 0.1) is 5.92 Å². The van der Waals surface area contributed by atoms with Crippen LogP contribution in [0.2, 0.25) is 0 Å². The molecule has 0 aliphatic heterocycles. The molecular formula is C16H27N3O. The normalized spacial score (nSPS) is 28.6. The Bertz CT molecular complexity index is 439. The van der Waals surface area contributed by atoms with Gasteiger partial charge in [-0.3, -0.25) is 4.98 Å². The zero-order valence-electron chi connectivity index (χ0n) is 12.8. The van der Waals surface area contributed by atoms with E-state index in [4.69, 9.17) is 5.73 Å². The molecule has 1 fully saturated rings. The van der Waals surface area contributed by atoms with Gasteiger partial charge >= 0.3 is 0 Å². The first kappa shape index (κ1) is 15.3. The minimum atomic E-state index is -0.406. The molecule has 1 aliphatic rings. The Morgan fingerprint density at radius 1 is 1.45 bits per heavy atom. The van der Waals surface area contributed by atoms with E-state index in [0.29, 0.717) is 6.42 Å². The molecule has 1 heterocycles. The van der Waals surface area contributed by atoms with Crippen molar-refractivity contribution >= 4 is 5.69 Å². The molecule has 0 bridgehead atoms. The van der Waals surface area contributed by atoms with Crippen LogP contribution in [0.15, 0.2) is 18.5 Å². The van der Waals surface area contributed by atoms with E-state index >= 15 is 0 Å². The van der Waals surface area contributed by atoms with Gasteiger partial charge in [-0.25, -0.2) is 0 Å². The summed E-state index contributed by atoms with van der Waals surface area (Å²) in [5.74, 6) is 0.763. The van der Waals surface area contributed by atoms with Gasteiger partial charge in [-0.1, -0.05) is 6.92 Å². The third-order valence-corrected chi connectivity index (χ3v) is 5.01. The molecule has 4 nitrogen and oxygen atoms in total. The first-order chi connectivity index (χ1) is 9.45. The Morgan fingerprint density at radius 3 is 2.65 bits per heavy atom. The second-order valence-electron chi connectivity index (χ2n) is 6.47. The molecule has 20 heavy (non-hydrogen) atoms. The van der Waals surface area contributed by atoms with Crippen LogP contribution in [0.3, 0.4) is 0 Å². The molecule has 3 N–H and O–H groups in total. The number of nitrogens with zero attached hydrogens (tertiary/aromatic N) is 2. The van der Waals surface area contributed by atoms with E-state index in [2.05, 4.69) is 30.9 Å². The molecule has 1 unspecified atom stereocenters. The van der Waals surface area contributed by atoms with E-state index in [1.54, 1.807) is 18.5 Å². The lowest BCUT2D eigenvalue weighted by Gasteiger charge is -2.47. The van der Waals surface area contributed by atoms with Gasteiger partial charge in [0.1, 0.15) is 0 Å². The van der Waals surface area contributed by atoms with Crippen molar-refractivity contribution in [3.05, 3.63) is 24.0 Å². The Balaban J connectivity index is 2.16. The summed E-state index contributed by atoms with van der Waals surface area (Å²) in [6, 6.07) is 1.80. The number of hydrogen-bond acceptors (Lipinski definition) is 4.